The van der Waals surface area contributed by atoms with Crippen molar-refractivity contribution in [3.63, 3.8) is 0 Å². The monoisotopic (exact) mass is 262 g/mol. The molecule has 0 aromatic carbocycles. The molecule has 2 aliphatic rings. The second kappa shape index (κ2) is 6.38. The van der Waals surface area contributed by atoms with Crippen molar-refractivity contribution in [2.45, 2.75) is 33.6 Å². The van der Waals surface area contributed by atoms with E-state index in [9.17, 15) is 4.79 Å². The Kier molecular flexibility index (Phi) is 4.81. The van der Waals surface area contributed by atoms with Crippen LogP contribution < -0.4 is 5.32 Å². The number of ketones is 1. The van der Waals surface area contributed by atoms with E-state index >= 15 is 0 Å². The van der Waals surface area contributed by atoms with Gasteiger partial charge >= 0.3 is 0 Å². The lowest BCUT2D eigenvalue weighted by molar-refractivity contribution is -0.123. The van der Waals surface area contributed by atoms with Crippen molar-refractivity contribution in [3.05, 3.63) is 23.4 Å². The van der Waals surface area contributed by atoms with Gasteiger partial charge in [0.05, 0.1) is 5.92 Å². The van der Waals surface area contributed by atoms with Gasteiger partial charge in [-0.3, -0.25) is 4.79 Å². The fourth-order valence-electron chi connectivity index (χ4n) is 3.12. The summed E-state index contributed by atoms with van der Waals surface area (Å²) in [6, 6.07) is 0. The standard InChI is InChI=1S/C16H26N2O/c1-4-18(5-2)11-9-14(19)15-12(3)6-7-13-8-10-17-16(13)15/h6-7,12,15,17H,4-5,8-11H2,1-3H3. The van der Waals surface area contributed by atoms with Crippen LogP contribution in [-0.2, 0) is 4.79 Å². The molecule has 0 saturated heterocycles. The van der Waals surface area contributed by atoms with Crippen LogP contribution in [0.15, 0.2) is 23.4 Å². The van der Waals surface area contributed by atoms with Crippen LogP contribution in [0.1, 0.15) is 33.6 Å². The van der Waals surface area contributed by atoms with Crippen molar-refractivity contribution in [2.24, 2.45) is 11.8 Å². The Morgan fingerprint density at radius 3 is 2.84 bits per heavy atom. The first kappa shape index (κ1) is 14.3. The average molecular weight is 262 g/mol. The fourth-order valence-corrected chi connectivity index (χ4v) is 3.12. The number of carbonyl (C=O) groups is 1. The van der Waals surface area contributed by atoms with E-state index in [0.29, 0.717) is 18.1 Å². The third kappa shape index (κ3) is 3.08. The molecule has 0 aromatic heterocycles. The minimum Gasteiger partial charge on any atom is -0.387 e. The van der Waals surface area contributed by atoms with E-state index in [1.165, 1.54) is 11.3 Å². The van der Waals surface area contributed by atoms with Crippen LogP contribution in [0.25, 0.3) is 0 Å². The molecule has 1 aliphatic carbocycles. The highest BCUT2D eigenvalue weighted by atomic mass is 16.1. The fraction of sp³-hybridized carbons (Fsp3) is 0.688. The summed E-state index contributed by atoms with van der Waals surface area (Å²) < 4.78 is 0. The van der Waals surface area contributed by atoms with E-state index in [4.69, 9.17) is 0 Å². The van der Waals surface area contributed by atoms with Gasteiger partial charge in [0.15, 0.2) is 0 Å². The van der Waals surface area contributed by atoms with Crippen LogP contribution >= 0.6 is 0 Å². The molecular weight excluding hydrogens is 236 g/mol. The average Bonchev–Trinajstić information content (AvgIpc) is 2.87. The molecule has 2 atom stereocenters. The van der Waals surface area contributed by atoms with E-state index in [0.717, 1.165) is 32.6 Å². The smallest absolute Gasteiger partial charge is 0.143 e. The van der Waals surface area contributed by atoms with Gasteiger partial charge in [0, 0.05) is 25.2 Å². The molecule has 0 bridgehead atoms. The molecule has 0 spiro atoms. The quantitative estimate of drug-likeness (QED) is 0.797. The molecule has 0 fully saturated rings. The lowest BCUT2D eigenvalue weighted by Gasteiger charge is -2.27. The summed E-state index contributed by atoms with van der Waals surface area (Å²) in [5, 5.41) is 3.43. The molecule has 1 heterocycles. The molecule has 3 nitrogen and oxygen atoms in total. The molecule has 106 valence electrons. The van der Waals surface area contributed by atoms with Crippen molar-refractivity contribution in [1.29, 1.82) is 0 Å². The zero-order valence-electron chi connectivity index (χ0n) is 12.4. The molecule has 0 saturated carbocycles. The van der Waals surface area contributed by atoms with Crippen molar-refractivity contribution in [2.75, 3.05) is 26.2 Å². The second-order valence-corrected chi connectivity index (χ2v) is 5.55. The molecule has 1 N–H and O–H groups in total. The Morgan fingerprint density at radius 1 is 1.42 bits per heavy atom. The van der Waals surface area contributed by atoms with Crippen molar-refractivity contribution in [3.8, 4) is 0 Å². The molecule has 19 heavy (non-hydrogen) atoms. The van der Waals surface area contributed by atoms with Gasteiger partial charge in [0.1, 0.15) is 5.78 Å². The maximum absolute atomic E-state index is 12.6. The first-order valence-corrected chi connectivity index (χ1v) is 7.57. The summed E-state index contributed by atoms with van der Waals surface area (Å²) in [4.78, 5) is 14.9. The number of allylic oxidation sites excluding steroid dienone is 3. The van der Waals surface area contributed by atoms with Crippen molar-refractivity contribution < 1.29 is 4.79 Å². The van der Waals surface area contributed by atoms with E-state index < -0.39 is 0 Å². The third-order valence-corrected chi connectivity index (χ3v) is 4.41. The van der Waals surface area contributed by atoms with E-state index in [-0.39, 0.29) is 5.92 Å². The minimum atomic E-state index is 0.0677. The molecule has 2 rings (SSSR count). The first-order valence-electron chi connectivity index (χ1n) is 7.57. The second-order valence-electron chi connectivity index (χ2n) is 5.55. The Balaban J connectivity index is 2.00. The maximum atomic E-state index is 12.6. The van der Waals surface area contributed by atoms with Gasteiger partial charge in [-0.25, -0.2) is 0 Å². The number of hydrogen-bond acceptors (Lipinski definition) is 3. The molecule has 2 unspecified atom stereocenters. The molecule has 0 amide bonds. The third-order valence-electron chi connectivity index (χ3n) is 4.41. The van der Waals surface area contributed by atoms with Gasteiger partial charge in [-0.1, -0.05) is 32.9 Å². The molecule has 0 radical (unpaired) electrons. The number of hydrogen-bond donors (Lipinski definition) is 1. The van der Waals surface area contributed by atoms with Gasteiger partial charge in [-0.15, -0.1) is 0 Å². The Morgan fingerprint density at radius 2 is 2.16 bits per heavy atom. The highest BCUT2D eigenvalue weighted by Gasteiger charge is 2.33. The molecule has 3 heteroatoms. The lowest BCUT2D eigenvalue weighted by Crippen LogP contribution is -2.33. The Labute approximate surface area is 116 Å². The summed E-state index contributed by atoms with van der Waals surface area (Å²) in [5.74, 6) is 0.789. The summed E-state index contributed by atoms with van der Waals surface area (Å²) in [6.07, 6.45) is 6.14. The van der Waals surface area contributed by atoms with Gasteiger partial charge in [0.2, 0.25) is 0 Å². The molecule has 0 aromatic rings. The van der Waals surface area contributed by atoms with Crippen LogP contribution in [-0.4, -0.2) is 36.9 Å². The predicted molar refractivity (Wildman–Crippen MR) is 78.9 cm³/mol. The summed E-state index contributed by atoms with van der Waals surface area (Å²) in [5.41, 5.74) is 2.55. The Hall–Kier alpha value is -1.09. The number of nitrogens with one attached hydrogen (secondary N) is 1. The summed E-state index contributed by atoms with van der Waals surface area (Å²) in [6.45, 7) is 10.4. The van der Waals surface area contributed by atoms with Gasteiger partial charge in [-0.2, -0.15) is 0 Å². The van der Waals surface area contributed by atoms with Gasteiger partial charge in [-0.05, 0) is 31.0 Å². The number of rotatable bonds is 6. The number of Topliss-reactive ketones (excluding diaryl/α,β-unsaturated/α-hetero) is 1. The highest BCUT2D eigenvalue weighted by Crippen LogP contribution is 2.33. The largest absolute Gasteiger partial charge is 0.387 e. The van der Waals surface area contributed by atoms with Crippen molar-refractivity contribution >= 4 is 5.78 Å². The number of nitrogens with zero attached hydrogens (tertiary/aromatic N) is 1. The van der Waals surface area contributed by atoms with Gasteiger partial charge < -0.3 is 10.2 Å². The predicted octanol–water partition coefficient (Wildman–Crippen LogP) is 2.36. The van der Waals surface area contributed by atoms with Crippen molar-refractivity contribution in [1.82, 2.24) is 10.2 Å². The zero-order valence-corrected chi connectivity index (χ0v) is 12.4. The maximum Gasteiger partial charge on any atom is 0.143 e. The normalized spacial score (nSPS) is 25.7. The highest BCUT2D eigenvalue weighted by molar-refractivity contribution is 5.85. The van der Waals surface area contributed by atoms with Crippen LogP contribution in [0, 0.1) is 11.8 Å². The topological polar surface area (TPSA) is 32.3 Å². The molecule has 1 aliphatic heterocycles. The van der Waals surface area contributed by atoms with Crippen LogP contribution in [0.5, 0.6) is 0 Å². The lowest BCUT2D eigenvalue weighted by atomic mass is 9.80. The summed E-state index contributed by atoms with van der Waals surface area (Å²) in [7, 11) is 0. The van der Waals surface area contributed by atoms with Crippen LogP contribution in [0.2, 0.25) is 0 Å². The zero-order chi connectivity index (χ0) is 13.8. The van der Waals surface area contributed by atoms with E-state index in [2.05, 4.69) is 43.1 Å². The van der Waals surface area contributed by atoms with E-state index in [1.54, 1.807) is 0 Å². The van der Waals surface area contributed by atoms with Gasteiger partial charge in [0.25, 0.3) is 0 Å². The first-order chi connectivity index (χ1) is 9.17. The molecular formula is C16H26N2O. The van der Waals surface area contributed by atoms with Crippen LogP contribution in [0.3, 0.4) is 0 Å². The number of carbonyl (C=O) groups excluding carboxylic acids is 1. The SMILES string of the molecule is CCN(CC)CCC(=O)C1C2=C(C=CC1C)CCN2. The van der Waals surface area contributed by atoms with E-state index in [1.807, 2.05) is 0 Å². The van der Waals surface area contributed by atoms with Crippen LogP contribution in [0.4, 0.5) is 0 Å². The Bertz CT molecular complexity index is 394. The minimum absolute atomic E-state index is 0.0677. The summed E-state index contributed by atoms with van der Waals surface area (Å²) >= 11 is 0.